The molecule has 68 valence electrons. The molecule has 0 atom stereocenters. The molecule has 0 aromatic carbocycles. The van der Waals surface area contributed by atoms with Crippen molar-refractivity contribution in [3.05, 3.63) is 15.9 Å². The number of ether oxygens (including phenoxy) is 1. The van der Waals surface area contributed by atoms with Crippen molar-refractivity contribution in [2.24, 2.45) is 7.05 Å². The first-order valence-electron chi connectivity index (χ1n) is 3.92. The minimum absolute atomic E-state index is 0.619. The maximum absolute atomic E-state index is 5.30. The van der Waals surface area contributed by atoms with Crippen LogP contribution in [0.1, 0.15) is 18.3 Å². The summed E-state index contributed by atoms with van der Waals surface area (Å²) in [6, 6.07) is 0. The molecule has 0 unspecified atom stereocenters. The molecule has 1 aromatic heterocycles. The Morgan fingerprint density at radius 2 is 2.25 bits per heavy atom. The molecular weight excluding hydrogens is 220 g/mol. The predicted octanol–water partition coefficient (Wildman–Crippen LogP) is 2.03. The van der Waals surface area contributed by atoms with Gasteiger partial charge in [-0.2, -0.15) is 5.10 Å². The van der Waals surface area contributed by atoms with Crippen LogP contribution in [0.3, 0.4) is 0 Å². The molecule has 0 radical (unpaired) electrons. The number of rotatable bonds is 3. The summed E-state index contributed by atoms with van der Waals surface area (Å²) in [4.78, 5) is 0. The minimum atomic E-state index is 0.619. The van der Waals surface area contributed by atoms with E-state index in [1.165, 1.54) is 0 Å². The van der Waals surface area contributed by atoms with Crippen molar-refractivity contribution in [1.82, 2.24) is 9.78 Å². The first-order chi connectivity index (χ1) is 5.66. The fourth-order valence-electron chi connectivity index (χ4n) is 1.04. The minimum Gasteiger partial charge on any atom is -0.375 e. The first kappa shape index (κ1) is 9.74. The van der Waals surface area contributed by atoms with Gasteiger partial charge in [-0.25, -0.2) is 0 Å². The molecule has 4 heteroatoms. The molecular formula is C8H13BrN2O. The molecule has 0 fully saturated rings. The second-order valence-electron chi connectivity index (χ2n) is 2.61. The van der Waals surface area contributed by atoms with Gasteiger partial charge in [0, 0.05) is 13.7 Å². The zero-order chi connectivity index (χ0) is 9.14. The maximum Gasteiger partial charge on any atom is 0.0896 e. The van der Waals surface area contributed by atoms with Crippen LogP contribution in [0.15, 0.2) is 4.47 Å². The summed E-state index contributed by atoms with van der Waals surface area (Å²) >= 11 is 3.47. The first-order valence-corrected chi connectivity index (χ1v) is 4.71. The fourth-order valence-corrected chi connectivity index (χ4v) is 1.49. The van der Waals surface area contributed by atoms with E-state index < -0.39 is 0 Å². The van der Waals surface area contributed by atoms with E-state index in [9.17, 15) is 0 Å². The summed E-state index contributed by atoms with van der Waals surface area (Å²) in [6.07, 6.45) is 0. The van der Waals surface area contributed by atoms with E-state index in [4.69, 9.17) is 4.74 Å². The van der Waals surface area contributed by atoms with Crippen molar-refractivity contribution in [1.29, 1.82) is 0 Å². The van der Waals surface area contributed by atoms with Gasteiger partial charge in [-0.3, -0.25) is 4.68 Å². The van der Waals surface area contributed by atoms with Crippen LogP contribution in [-0.2, 0) is 18.4 Å². The van der Waals surface area contributed by atoms with Crippen molar-refractivity contribution in [3.8, 4) is 0 Å². The lowest BCUT2D eigenvalue weighted by Gasteiger charge is -2.01. The Hall–Kier alpha value is -0.350. The van der Waals surface area contributed by atoms with Gasteiger partial charge in [0.05, 0.1) is 22.5 Å². The molecule has 0 spiro atoms. The molecule has 1 rings (SSSR count). The van der Waals surface area contributed by atoms with E-state index in [2.05, 4.69) is 21.0 Å². The van der Waals surface area contributed by atoms with Crippen molar-refractivity contribution < 1.29 is 4.74 Å². The highest BCUT2D eigenvalue weighted by atomic mass is 79.9. The van der Waals surface area contributed by atoms with E-state index in [0.717, 1.165) is 22.5 Å². The van der Waals surface area contributed by atoms with E-state index in [0.29, 0.717) is 6.61 Å². The fraction of sp³-hybridized carbons (Fsp3) is 0.625. The van der Waals surface area contributed by atoms with Gasteiger partial charge >= 0.3 is 0 Å². The summed E-state index contributed by atoms with van der Waals surface area (Å²) < 4.78 is 8.20. The van der Waals surface area contributed by atoms with Crippen molar-refractivity contribution in [2.45, 2.75) is 20.5 Å². The quantitative estimate of drug-likeness (QED) is 0.798. The Morgan fingerprint density at radius 3 is 2.67 bits per heavy atom. The predicted molar refractivity (Wildman–Crippen MR) is 51.0 cm³/mol. The molecule has 0 saturated heterocycles. The van der Waals surface area contributed by atoms with E-state index in [-0.39, 0.29) is 0 Å². The molecule has 0 N–H and O–H groups in total. The summed E-state index contributed by atoms with van der Waals surface area (Å²) in [7, 11) is 1.92. The number of hydrogen-bond acceptors (Lipinski definition) is 2. The van der Waals surface area contributed by atoms with Crippen LogP contribution in [0.4, 0.5) is 0 Å². The van der Waals surface area contributed by atoms with Gasteiger partial charge in [0.15, 0.2) is 0 Å². The summed E-state index contributed by atoms with van der Waals surface area (Å²) in [6.45, 7) is 5.31. The van der Waals surface area contributed by atoms with Crippen LogP contribution in [-0.4, -0.2) is 16.4 Å². The third-order valence-electron chi connectivity index (χ3n) is 1.70. The van der Waals surface area contributed by atoms with Gasteiger partial charge in [-0.1, -0.05) is 0 Å². The Labute approximate surface area is 80.8 Å². The zero-order valence-electron chi connectivity index (χ0n) is 7.59. The standard InChI is InChI=1S/C8H13BrN2O/c1-4-12-5-7-8(9)6(2)10-11(7)3/h4-5H2,1-3H3. The van der Waals surface area contributed by atoms with E-state index in [1.807, 2.05) is 25.6 Å². The third kappa shape index (κ3) is 1.87. The van der Waals surface area contributed by atoms with Crippen LogP contribution in [0.5, 0.6) is 0 Å². The van der Waals surface area contributed by atoms with Crippen molar-refractivity contribution in [3.63, 3.8) is 0 Å². The van der Waals surface area contributed by atoms with Gasteiger partial charge in [0.1, 0.15) is 0 Å². The lowest BCUT2D eigenvalue weighted by molar-refractivity contribution is 0.128. The maximum atomic E-state index is 5.30. The van der Waals surface area contributed by atoms with Crippen LogP contribution in [0.25, 0.3) is 0 Å². The summed E-state index contributed by atoms with van der Waals surface area (Å²) in [5.74, 6) is 0. The molecule has 0 saturated carbocycles. The molecule has 1 aromatic rings. The van der Waals surface area contributed by atoms with Crippen LogP contribution in [0, 0.1) is 6.92 Å². The largest absolute Gasteiger partial charge is 0.375 e. The van der Waals surface area contributed by atoms with E-state index in [1.54, 1.807) is 0 Å². The Balaban J connectivity index is 2.82. The average molecular weight is 233 g/mol. The zero-order valence-corrected chi connectivity index (χ0v) is 9.18. The molecule has 3 nitrogen and oxygen atoms in total. The highest BCUT2D eigenvalue weighted by molar-refractivity contribution is 9.10. The van der Waals surface area contributed by atoms with E-state index >= 15 is 0 Å². The molecule has 0 aliphatic carbocycles. The van der Waals surface area contributed by atoms with Gasteiger partial charge in [0.25, 0.3) is 0 Å². The number of halogens is 1. The Bertz CT molecular complexity index is 270. The Kier molecular flexibility index (Phi) is 3.29. The molecule has 0 aliphatic heterocycles. The van der Waals surface area contributed by atoms with Gasteiger partial charge in [-0.15, -0.1) is 0 Å². The molecule has 12 heavy (non-hydrogen) atoms. The molecule has 0 amide bonds. The second-order valence-corrected chi connectivity index (χ2v) is 3.40. The Morgan fingerprint density at radius 1 is 1.58 bits per heavy atom. The number of hydrogen-bond donors (Lipinski definition) is 0. The smallest absolute Gasteiger partial charge is 0.0896 e. The highest BCUT2D eigenvalue weighted by Crippen LogP contribution is 2.20. The van der Waals surface area contributed by atoms with Crippen molar-refractivity contribution in [2.75, 3.05) is 6.61 Å². The van der Waals surface area contributed by atoms with Crippen LogP contribution < -0.4 is 0 Å². The average Bonchev–Trinajstić information content (AvgIpc) is 2.25. The van der Waals surface area contributed by atoms with Gasteiger partial charge in [0.2, 0.25) is 0 Å². The number of aromatic nitrogens is 2. The molecule has 1 heterocycles. The molecule has 0 aliphatic rings. The van der Waals surface area contributed by atoms with Gasteiger partial charge < -0.3 is 4.74 Å². The van der Waals surface area contributed by atoms with Crippen LogP contribution >= 0.6 is 15.9 Å². The normalized spacial score (nSPS) is 10.7. The molecule has 0 bridgehead atoms. The lowest BCUT2D eigenvalue weighted by Crippen LogP contribution is -2.01. The van der Waals surface area contributed by atoms with Crippen molar-refractivity contribution >= 4 is 15.9 Å². The monoisotopic (exact) mass is 232 g/mol. The SMILES string of the molecule is CCOCc1c(Br)c(C)nn1C. The van der Waals surface area contributed by atoms with Crippen LogP contribution in [0.2, 0.25) is 0 Å². The number of aryl methyl sites for hydroxylation is 2. The number of nitrogens with zero attached hydrogens (tertiary/aromatic N) is 2. The summed E-state index contributed by atoms with van der Waals surface area (Å²) in [5, 5.41) is 4.25. The summed E-state index contributed by atoms with van der Waals surface area (Å²) in [5.41, 5.74) is 2.10. The second kappa shape index (κ2) is 4.05. The highest BCUT2D eigenvalue weighted by Gasteiger charge is 2.09. The topological polar surface area (TPSA) is 27.1 Å². The van der Waals surface area contributed by atoms with Gasteiger partial charge in [-0.05, 0) is 29.8 Å². The lowest BCUT2D eigenvalue weighted by atomic mass is 10.4. The third-order valence-corrected chi connectivity index (χ3v) is 2.74.